The van der Waals surface area contributed by atoms with E-state index in [0.29, 0.717) is 0 Å². The topological polar surface area (TPSA) is 22.3 Å². The van der Waals surface area contributed by atoms with E-state index < -0.39 is 313 Å². The van der Waals surface area contributed by atoms with Crippen LogP contribution in [0.4, 0.5) is 17.1 Å². The molecule has 0 bridgehead atoms. The highest BCUT2D eigenvalue weighted by atomic mass is 16.5. The number of aromatic nitrogens is 2. The molecule has 0 aliphatic carbocycles. The van der Waals surface area contributed by atoms with Crippen LogP contribution in [0.2, 0.25) is 0 Å². The number of fused-ring (bicyclic) bond motifs is 10. The number of nitrogens with zero attached hydrogens (tertiary/aromatic N) is 3. The zero-order valence-electron chi connectivity index (χ0n) is 75.1. The summed E-state index contributed by atoms with van der Waals surface area (Å²) in [6, 6.07) is -17.9. The van der Waals surface area contributed by atoms with Crippen molar-refractivity contribution in [3.8, 4) is 67.4 Å². The van der Waals surface area contributed by atoms with Crippen molar-refractivity contribution >= 4 is 83.8 Å². The molecule has 0 saturated heterocycles. The predicted octanol–water partition coefficient (Wildman–Crippen LogP) is 17.0. The van der Waals surface area contributed by atoms with Crippen molar-refractivity contribution in [1.29, 1.82) is 0 Å². The van der Waals surface area contributed by atoms with Gasteiger partial charge in [-0.15, -0.1) is 0 Å². The summed E-state index contributed by atoms with van der Waals surface area (Å²) < 4.78 is 343. The Hall–Kier alpha value is -10.1. The van der Waals surface area contributed by atoms with Gasteiger partial charge in [-0.2, -0.15) is 0 Å². The van der Waals surface area contributed by atoms with E-state index in [1.165, 1.54) is 65.6 Å². The fraction of sp³-hybridized carbons (Fsp3) is 0. The third-order valence-corrected chi connectivity index (χ3v) is 13.8. The molecule has 5 heteroatoms. The molecule has 0 radical (unpaired) electrons. The summed E-state index contributed by atoms with van der Waals surface area (Å²) >= 11 is 0. The molecule has 0 N–H and O–H groups in total. The molecular formula is C72H46BN3O. The summed E-state index contributed by atoms with van der Waals surface area (Å²) in [6.07, 6.45) is 0. The van der Waals surface area contributed by atoms with Crippen molar-refractivity contribution < 1.29 is 54.1 Å². The highest BCUT2D eigenvalue weighted by molar-refractivity contribution is 6.99. The van der Waals surface area contributed by atoms with E-state index in [2.05, 4.69) is 0 Å². The van der Waals surface area contributed by atoms with Crippen LogP contribution in [0.1, 0.15) is 49.3 Å². The van der Waals surface area contributed by atoms with Gasteiger partial charge in [0, 0.05) is 49.7 Å². The fourth-order valence-corrected chi connectivity index (χ4v) is 10.7. The van der Waals surface area contributed by atoms with Gasteiger partial charge in [0.25, 0.3) is 6.71 Å². The van der Waals surface area contributed by atoms with Crippen LogP contribution in [-0.4, -0.2) is 15.8 Å². The molecule has 0 amide bonds. The standard InChI is InChI=1S/C72H46BN3O/c1-5-22-47(23-6-1)51-40-41-66-60(42-51)73-61-45-53(74-62-36-17-13-30-56(62)57-31-14-18-37-63(57)74)46-68(75-64-38-19-15-32-58(64)59-33-16-20-39-65(59)75)72(61)77-69-44-52(48-24-7-2-8-25-48)43-67(70(69)73)76(66)71-54(49-26-9-3-10-27-49)34-21-35-55(71)50-28-11-4-12-29-50/h1-46H/i1D,2D,3D,4D,5D,6D,7D,8D,9D,10D,11D,12D,13D,14D,15D,16D,17D,18D,19D,20D,22D,23D,24D,25D,26D,27D,28D,29D,30D,31D,32D,33D,36D,37D,38D,39D. The molecule has 0 atom stereocenters. The first-order valence-electron chi connectivity index (χ1n) is 41.6. The van der Waals surface area contributed by atoms with Crippen LogP contribution in [0, 0.1) is 0 Å². The summed E-state index contributed by atoms with van der Waals surface area (Å²) in [7, 11) is 0. The van der Waals surface area contributed by atoms with Gasteiger partial charge in [0.1, 0.15) is 11.5 Å². The largest absolute Gasteiger partial charge is 0.456 e. The number of para-hydroxylation sites is 5. The quantitative estimate of drug-likeness (QED) is 0.148. The van der Waals surface area contributed by atoms with Crippen LogP contribution in [0.25, 0.3) is 99.5 Å². The second kappa shape index (κ2) is 17.2. The maximum Gasteiger partial charge on any atom is 0.256 e. The highest BCUT2D eigenvalue weighted by Gasteiger charge is 2.45. The van der Waals surface area contributed by atoms with E-state index in [0.717, 1.165) is 9.13 Å². The van der Waals surface area contributed by atoms with Crippen molar-refractivity contribution in [2.75, 3.05) is 4.90 Å². The molecule has 16 rings (SSSR count). The second-order valence-corrected chi connectivity index (χ2v) is 17.7. The molecule has 77 heavy (non-hydrogen) atoms. The van der Waals surface area contributed by atoms with Crippen molar-refractivity contribution in [1.82, 2.24) is 9.13 Å². The maximum absolute atomic E-state index is 9.84. The van der Waals surface area contributed by atoms with E-state index in [9.17, 15) is 27.4 Å². The van der Waals surface area contributed by atoms with Gasteiger partial charge < -0.3 is 18.8 Å². The van der Waals surface area contributed by atoms with Crippen molar-refractivity contribution in [2.45, 2.75) is 0 Å². The van der Waals surface area contributed by atoms with Gasteiger partial charge in [-0.1, -0.05) is 224 Å². The molecule has 14 aromatic rings. The van der Waals surface area contributed by atoms with Crippen molar-refractivity contribution in [3.63, 3.8) is 0 Å². The van der Waals surface area contributed by atoms with E-state index >= 15 is 0 Å². The average Bonchev–Trinajstić information content (AvgIpc) is 1.64. The van der Waals surface area contributed by atoms with Gasteiger partial charge in [0.2, 0.25) is 0 Å². The molecule has 0 saturated carbocycles. The van der Waals surface area contributed by atoms with Crippen molar-refractivity contribution in [3.05, 3.63) is 278 Å². The molecule has 2 aromatic heterocycles. The van der Waals surface area contributed by atoms with Gasteiger partial charge in [-0.3, -0.25) is 0 Å². The van der Waals surface area contributed by atoms with E-state index in [-0.39, 0.29) is 55.7 Å². The number of hydrogen-bond acceptors (Lipinski definition) is 2. The minimum absolute atomic E-state index is 0.133. The van der Waals surface area contributed by atoms with Crippen LogP contribution >= 0.6 is 0 Å². The van der Waals surface area contributed by atoms with E-state index in [1.807, 2.05) is 0 Å². The Bertz CT molecular complexity index is 6530. The van der Waals surface area contributed by atoms with Gasteiger partial charge in [0.15, 0.2) is 0 Å². The fourth-order valence-electron chi connectivity index (χ4n) is 10.7. The lowest BCUT2D eigenvalue weighted by Crippen LogP contribution is -2.60. The zero-order chi connectivity index (χ0) is 81.9. The highest BCUT2D eigenvalue weighted by Crippen LogP contribution is 2.51. The molecule has 12 aromatic carbocycles. The predicted molar refractivity (Wildman–Crippen MR) is 323 cm³/mol. The minimum Gasteiger partial charge on any atom is -0.456 e. The molecule has 2 aliphatic rings. The second-order valence-electron chi connectivity index (χ2n) is 17.7. The molecule has 0 fully saturated rings. The first kappa shape index (κ1) is 20.9. The summed E-state index contributed by atoms with van der Waals surface area (Å²) in [5.41, 5.74) is -7.82. The van der Waals surface area contributed by atoms with Gasteiger partial charge in [-0.05, 0) is 104 Å². The van der Waals surface area contributed by atoms with E-state index in [1.54, 1.807) is 0 Å². The van der Waals surface area contributed by atoms with Crippen LogP contribution in [-0.2, 0) is 0 Å². The lowest BCUT2D eigenvalue weighted by atomic mass is 9.34. The summed E-state index contributed by atoms with van der Waals surface area (Å²) in [5.74, 6) is -0.931. The molecule has 4 nitrogen and oxygen atoms in total. The third kappa shape index (κ3) is 6.67. The van der Waals surface area contributed by atoms with Crippen molar-refractivity contribution in [2.24, 2.45) is 0 Å². The third-order valence-electron chi connectivity index (χ3n) is 13.8. The molecule has 4 heterocycles. The van der Waals surface area contributed by atoms with Crippen LogP contribution in [0.5, 0.6) is 11.5 Å². The van der Waals surface area contributed by atoms with Gasteiger partial charge in [-0.25, -0.2) is 0 Å². The first-order valence-corrected chi connectivity index (χ1v) is 23.6. The Morgan fingerprint density at radius 2 is 0.818 bits per heavy atom. The summed E-state index contributed by atoms with van der Waals surface area (Å²) in [6.45, 7) is -1.74. The normalized spacial score (nSPS) is 19.0. The summed E-state index contributed by atoms with van der Waals surface area (Å²) in [5, 5.41) is -1.94. The SMILES string of the molecule is [2H]c1c([2H])c([2H])c(-c2ccc3c(c2)B2c4cc(-n5c6c([2H])c([2H])c([2H])c([2H])c6c6c([2H])c([2H])c([2H])c([2H])c65)cc(-n5c6c([2H])c([2H])c([2H])c([2H])c6c6c([2H])c([2H])c([2H])c([2H])c65)c4Oc4cc(-c5c([2H])c([2H])c([2H])c([2H])c5[2H])cc(c42)N3c2c(-c3c([2H])c([2H])c([2H])c([2H])c3[2H])cccc2-c2c([2H])c([2H])c([2H])c([2H])c2[2H])c([2H])c1[2H]. The van der Waals surface area contributed by atoms with Gasteiger partial charge in [0.05, 0.1) is 82.8 Å². The molecule has 0 unspecified atom stereocenters. The Morgan fingerprint density at radius 1 is 0.351 bits per heavy atom. The maximum atomic E-state index is 9.84. The minimum atomic E-state index is -1.74. The Morgan fingerprint density at radius 3 is 1.35 bits per heavy atom. The lowest BCUT2D eigenvalue weighted by Gasteiger charge is -2.42. The average molecular weight is 1020 g/mol. The molecule has 358 valence electrons. The van der Waals surface area contributed by atoms with Crippen LogP contribution in [0.15, 0.2) is 278 Å². The Balaban J connectivity index is 1.20. The first-order chi connectivity index (χ1) is 53.1. The Labute approximate surface area is 497 Å². The lowest BCUT2D eigenvalue weighted by molar-refractivity contribution is 0.485. The number of ether oxygens (including phenoxy) is 1. The summed E-state index contributed by atoms with van der Waals surface area (Å²) in [4.78, 5) is 1.32. The smallest absolute Gasteiger partial charge is 0.256 e. The number of hydrogen-bond donors (Lipinski definition) is 0. The Kier molecular flexibility index (Phi) is 4.68. The number of rotatable bonds is 7. The van der Waals surface area contributed by atoms with Crippen LogP contribution < -0.4 is 26.0 Å². The molecule has 2 aliphatic heterocycles. The van der Waals surface area contributed by atoms with Gasteiger partial charge >= 0.3 is 0 Å². The number of benzene rings is 12. The zero-order valence-corrected chi connectivity index (χ0v) is 39.1. The molecule has 0 spiro atoms. The monoisotopic (exact) mass is 1020 g/mol. The molecular weight excluding hydrogens is 934 g/mol. The van der Waals surface area contributed by atoms with E-state index in [4.69, 9.17) is 26.7 Å². The number of anilines is 3. The van der Waals surface area contributed by atoms with Crippen LogP contribution in [0.3, 0.4) is 0 Å².